The van der Waals surface area contributed by atoms with Crippen molar-refractivity contribution in [3.05, 3.63) is 38.8 Å². The number of imide groups is 1. The van der Waals surface area contributed by atoms with E-state index >= 15 is 0 Å². The topological polar surface area (TPSA) is 55.8 Å². The molecule has 2 fully saturated rings. The molecule has 0 unspecified atom stereocenters. The third kappa shape index (κ3) is 1.95. The average molecular weight is 486 g/mol. The van der Waals surface area contributed by atoms with E-state index in [4.69, 9.17) is 67.5 Å². The number of hydrogen-bond acceptors (Lipinski definition) is 4. The van der Waals surface area contributed by atoms with Gasteiger partial charge < -0.3 is 9.47 Å². The van der Waals surface area contributed by atoms with Gasteiger partial charge in [0.1, 0.15) is 9.75 Å². The molecule has 1 aliphatic heterocycles. The predicted octanol–water partition coefficient (Wildman–Crippen LogP) is 4.41. The summed E-state index contributed by atoms with van der Waals surface area (Å²) in [6.45, 7) is 1.81. The fraction of sp³-hybridized carbons (Fsp3) is 0.444. The van der Waals surface area contributed by atoms with Crippen LogP contribution in [0.2, 0.25) is 5.02 Å². The lowest BCUT2D eigenvalue weighted by molar-refractivity contribution is -0.221. The van der Waals surface area contributed by atoms with Crippen molar-refractivity contribution >= 4 is 75.5 Å². The van der Waals surface area contributed by atoms with Crippen LogP contribution in [0, 0.1) is 18.8 Å². The van der Waals surface area contributed by atoms with E-state index in [-0.39, 0.29) is 10.1 Å². The van der Waals surface area contributed by atoms with E-state index in [0.717, 1.165) is 10.5 Å². The van der Waals surface area contributed by atoms with Crippen molar-refractivity contribution in [2.45, 2.75) is 22.5 Å². The van der Waals surface area contributed by atoms with Gasteiger partial charge in [-0.05, 0) is 24.6 Å². The number of halogens is 5. The second-order valence-corrected chi connectivity index (χ2v) is 9.33. The molecule has 1 saturated carbocycles. The number of hydrogen-bond donors (Lipinski definition) is 0. The monoisotopic (exact) mass is 483 g/mol. The van der Waals surface area contributed by atoms with Gasteiger partial charge in [0.15, 0.2) is 0 Å². The molecule has 28 heavy (non-hydrogen) atoms. The molecule has 1 saturated heterocycles. The zero-order chi connectivity index (χ0) is 20.8. The molecular weight excluding hydrogens is 471 g/mol. The second kappa shape index (κ2) is 6.24. The van der Waals surface area contributed by atoms with Gasteiger partial charge in [0.05, 0.1) is 27.6 Å². The lowest BCUT2D eigenvalue weighted by atomic mass is 9.84. The Morgan fingerprint density at radius 2 is 1.39 bits per heavy atom. The van der Waals surface area contributed by atoms with Crippen molar-refractivity contribution in [3.63, 3.8) is 0 Å². The summed E-state index contributed by atoms with van der Waals surface area (Å²) in [7, 11) is 2.62. The van der Waals surface area contributed by atoms with E-state index < -0.39 is 39.2 Å². The molecule has 0 aromatic heterocycles. The Kier molecular flexibility index (Phi) is 4.62. The minimum Gasteiger partial charge on any atom is -0.350 e. The minimum atomic E-state index is -1.80. The van der Waals surface area contributed by atoms with E-state index in [1.54, 1.807) is 12.1 Å². The summed E-state index contributed by atoms with van der Waals surface area (Å²) in [5.41, 5.74) is 1.12. The second-order valence-electron chi connectivity index (χ2n) is 6.98. The third-order valence-corrected chi connectivity index (χ3v) is 8.96. The van der Waals surface area contributed by atoms with Crippen LogP contribution in [0.25, 0.3) is 0 Å². The van der Waals surface area contributed by atoms with Crippen LogP contribution in [-0.2, 0) is 19.1 Å². The number of nitrogens with zero attached hydrogens (tertiary/aromatic N) is 1. The van der Waals surface area contributed by atoms with Crippen molar-refractivity contribution in [2.24, 2.45) is 11.8 Å². The fourth-order valence-corrected chi connectivity index (χ4v) is 7.02. The number of alkyl halides is 2. The fourth-order valence-electron chi connectivity index (χ4n) is 4.68. The van der Waals surface area contributed by atoms with Crippen molar-refractivity contribution in [3.8, 4) is 0 Å². The Balaban J connectivity index is 1.92. The van der Waals surface area contributed by atoms with Crippen LogP contribution >= 0.6 is 58.0 Å². The molecule has 150 valence electrons. The maximum absolute atomic E-state index is 13.4. The summed E-state index contributed by atoms with van der Waals surface area (Å²) in [6.07, 6.45) is 0. The number of methoxy groups -OCH3 is 2. The predicted molar refractivity (Wildman–Crippen MR) is 108 cm³/mol. The molecule has 2 bridgehead atoms. The number of benzene rings is 1. The van der Waals surface area contributed by atoms with Crippen LogP contribution in [-0.4, -0.2) is 41.6 Å². The lowest BCUT2D eigenvalue weighted by Gasteiger charge is -2.42. The maximum atomic E-state index is 13.4. The molecule has 2 amide bonds. The highest BCUT2D eigenvalue weighted by atomic mass is 35.5. The Morgan fingerprint density at radius 1 is 0.929 bits per heavy atom. The Labute approximate surface area is 186 Å². The standard InChI is InChI=1S/C18H14Cl5NO4/c1-7-4-5-8(6-9(7)19)24-14(25)10-11(15(24)26)17(23)13(21)12(20)16(10,22)18(17,27-2)28-3/h4-6,10-11H,1-3H3/t10-,11+,16-,17-/m0/s1. The Morgan fingerprint density at radius 3 is 1.79 bits per heavy atom. The van der Waals surface area contributed by atoms with Crippen LogP contribution in [0.4, 0.5) is 5.69 Å². The Bertz CT molecular complexity index is 915. The molecule has 10 heteroatoms. The zero-order valence-electron chi connectivity index (χ0n) is 14.9. The Hall–Kier alpha value is -0.530. The number of anilines is 1. The van der Waals surface area contributed by atoms with Crippen molar-refractivity contribution < 1.29 is 19.1 Å². The molecule has 1 aromatic rings. The van der Waals surface area contributed by atoms with Crippen LogP contribution in [0.1, 0.15) is 5.56 Å². The summed E-state index contributed by atoms with van der Waals surface area (Å²) in [6, 6.07) is 4.87. The number of carbonyl (C=O) groups excluding carboxylic acids is 2. The van der Waals surface area contributed by atoms with Gasteiger partial charge in [-0.1, -0.05) is 40.9 Å². The van der Waals surface area contributed by atoms with E-state index in [9.17, 15) is 9.59 Å². The van der Waals surface area contributed by atoms with Crippen molar-refractivity contribution in [2.75, 3.05) is 19.1 Å². The molecule has 2 aliphatic carbocycles. The third-order valence-electron chi connectivity index (χ3n) is 5.94. The van der Waals surface area contributed by atoms with Crippen LogP contribution < -0.4 is 4.90 Å². The lowest BCUT2D eigenvalue weighted by Crippen LogP contribution is -2.60. The van der Waals surface area contributed by atoms with Gasteiger partial charge in [0, 0.05) is 19.2 Å². The molecule has 5 nitrogen and oxygen atoms in total. The van der Waals surface area contributed by atoms with Gasteiger partial charge in [-0.3, -0.25) is 9.59 Å². The number of ether oxygens (including phenoxy) is 2. The van der Waals surface area contributed by atoms with Crippen LogP contribution in [0.5, 0.6) is 0 Å². The van der Waals surface area contributed by atoms with Gasteiger partial charge in [-0.2, -0.15) is 0 Å². The van der Waals surface area contributed by atoms with E-state index in [1.807, 2.05) is 6.92 Å². The largest absolute Gasteiger partial charge is 0.350 e. The highest BCUT2D eigenvalue weighted by Gasteiger charge is 2.89. The van der Waals surface area contributed by atoms with Gasteiger partial charge in [0.25, 0.3) is 0 Å². The molecule has 1 heterocycles. The van der Waals surface area contributed by atoms with Gasteiger partial charge in [-0.25, -0.2) is 4.90 Å². The number of carbonyl (C=O) groups is 2. The molecule has 4 atom stereocenters. The zero-order valence-corrected chi connectivity index (χ0v) is 18.6. The number of amides is 2. The van der Waals surface area contributed by atoms with Crippen molar-refractivity contribution in [1.29, 1.82) is 0 Å². The van der Waals surface area contributed by atoms with Gasteiger partial charge in [-0.15, -0.1) is 23.2 Å². The molecule has 4 rings (SSSR count). The van der Waals surface area contributed by atoms with E-state index in [0.29, 0.717) is 10.7 Å². The summed E-state index contributed by atoms with van der Waals surface area (Å²) in [4.78, 5) is 24.3. The summed E-state index contributed by atoms with van der Waals surface area (Å²) < 4.78 is 11.1. The number of rotatable bonds is 3. The first-order valence-electron chi connectivity index (χ1n) is 8.22. The molecule has 3 aliphatic rings. The number of aryl methyl sites for hydroxylation is 1. The smallest absolute Gasteiger partial charge is 0.240 e. The van der Waals surface area contributed by atoms with Gasteiger partial charge in [0.2, 0.25) is 17.6 Å². The molecule has 0 spiro atoms. The molecule has 1 aromatic carbocycles. The average Bonchev–Trinajstić information content (AvgIpc) is 3.08. The summed E-state index contributed by atoms with van der Waals surface area (Å²) in [5.74, 6) is -5.21. The number of fused-ring (bicyclic) bond motifs is 5. The van der Waals surface area contributed by atoms with Crippen LogP contribution in [0.3, 0.4) is 0 Å². The van der Waals surface area contributed by atoms with Gasteiger partial charge >= 0.3 is 0 Å². The molecule has 0 N–H and O–H groups in total. The highest BCUT2D eigenvalue weighted by molar-refractivity contribution is 6.54. The van der Waals surface area contributed by atoms with E-state index in [1.165, 1.54) is 20.3 Å². The normalized spacial score (nSPS) is 35.9. The highest BCUT2D eigenvalue weighted by Crippen LogP contribution is 2.75. The first kappa shape index (κ1) is 20.7. The summed E-state index contributed by atoms with van der Waals surface area (Å²) in [5, 5.41) is 0.276. The summed E-state index contributed by atoms with van der Waals surface area (Å²) >= 11 is 32.8. The molecular formula is C18H14Cl5NO4. The minimum absolute atomic E-state index is 0.0688. The van der Waals surface area contributed by atoms with Crippen LogP contribution in [0.15, 0.2) is 28.3 Å². The van der Waals surface area contributed by atoms with E-state index in [2.05, 4.69) is 0 Å². The quantitative estimate of drug-likeness (QED) is 0.362. The first-order chi connectivity index (χ1) is 13.0. The first-order valence-corrected chi connectivity index (χ1v) is 10.1. The van der Waals surface area contributed by atoms with Crippen molar-refractivity contribution in [1.82, 2.24) is 0 Å². The molecule has 0 radical (unpaired) electrons. The SMILES string of the molecule is COC1(OC)[C@@]2(Cl)C(Cl)=C(Cl)[C@@]1(Cl)[C@H]1C(=O)N(c3ccc(C)c(Cl)c3)C(=O)[C@H]12. The maximum Gasteiger partial charge on any atom is 0.240 e.